The van der Waals surface area contributed by atoms with Crippen LogP contribution in [0.4, 0.5) is 0 Å². The summed E-state index contributed by atoms with van der Waals surface area (Å²) < 4.78 is 0. The van der Waals surface area contributed by atoms with Crippen LogP contribution in [0.25, 0.3) is 0 Å². The van der Waals surface area contributed by atoms with E-state index in [0.717, 1.165) is 5.92 Å². The first-order valence-electron chi connectivity index (χ1n) is 6.49. The van der Waals surface area contributed by atoms with Gasteiger partial charge in [0.2, 0.25) is 0 Å². The molecular weight excluding hydrogens is 200 g/mol. The molecule has 1 rings (SSSR count). The average Bonchev–Trinajstić information content (AvgIpc) is 2.21. The van der Waals surface area contributed by atoms with Crippen molar-refractivity contribution < 1.29 is 0 Å². The Morgan fingerprint density at radius 2 is 2.20 bits per heavy atom. The molecule has 0 aliphatic heterocycles. The van der Waals surface area contributed by atoms with Crippen LogP contribution in [-0.2, 0) is 0 Å². The van der Waals surface area contributed by atoms with E-state index in [4.69, 9.17) is 0 Å². The van der Waals surface area contributed by atoms with E-state index in [-0.39, 0.29) is 0 Å². The van der Waals surface area contributed by atoms with Crippen molar-refractivity contribution in [2.24, 2.45) is 5.92 Å². The Morgan fingerprint density at radius 3 is 2.80 bits per heavy atom. The fourth-order valence-corrected chi connectivity index (χ4v) is 2.76. The van der Waals surface area contributed by atoms with E-state index < -0.39 is 0 Å². The molecule has 1 aliphatic rings. The minimum atomic E-state index is 0.628. The number of rotatable bonds is 5. The van der Waals surface area contributed by atoms with Crippen LogP contribution in [0, 0.1) is 5.92 Å². The highest BCUT2D eigenvalue weighted by atomic mass is 32.1. The molecule has 0 nitrogen and oxygen atoms in total. The van der Waals surface area contributed by atoms with E-state index in [2.05, 4.69) is 33.4 Å². The molecule has 0 radical (unpaired) electrons. The number of hydrogen-bond acceptors (Lipinski definition) is 1. The van der Waals surface area contributed by atoms with Gasteiger partial charge in [-0.05, 0) is 44.9 Å². The van der Waals surface area contributed by atoms with Crippen molar-refractivity contribution >= 4 is 12.6 Å². The van der Waals surface area contributed by atoms with Crippen molar-refractivity contribution in [3.8, 4) is 0 Å². The summed E-state index contributed by atoms with van der Waals surface area (Å²) in [5.41, 5.74) is 3.37. The van der Waals surface area contributed by atoms with Crippen molar-refractivity contribution in [1.29, 1.82) is 0 Å². The van der Waals surface area contributed by atoms with Crippen molar-refractivity contribution in [3.63, 3.8) is 0 Å². The lowest BCUT2D eigenvalue weighted by Crippen LogP contribution is -2.09. The van der Waals surface area contributed by atoms with Crippen molar-refractivity contribution in [2.75, 3.05) is 0 Å². The second-order valence-corrected chi connectivity index (χ2v) is 5.92. The third-order valence-electron chi connectivity index (χ3n) is 3.80. The van der Waals surface area contributed by atoms with E-state index in [0.29, 0.717) is 5.25 Å². The molecule has 0 bridgehead atoms. The third kappa shape index (κ3) is 4.63. The van der Waals surface area contributed by atoms with Crippen LogP contribution >= 0.6 is 12.6 Å². The molecule has 1 aliphatic carbocycles. The largest absolute Gasteiger partial charge is 0.176 e. The van der Waals surface area contributed by atoms with Crippen molar-refractivity contribution in [2.45, 2.75) is 71.0 Å². The second-order valence-electron chi connectivity index (χ2n) is 5.19. The molecule has 0 heterocycles. The van der Waals surface area contributed by atoms with Gasteiger partial charge >= 0.3 is 0 Å². The Labute approximate surface area is 101 Å². The SMILES string of the molecule is CCC(C)CCCC1=C(C)CC(S)CC1. The first-order chi connectivity index (χ1) is 7.13. The predicted octanol–water partition coefficient (Wildman–Crippen LogP) is 5.00. The molecule has 15 heavy (non-hydrogen) atoms. The van der Waals surface area contributed by atoms with Gasteiger partial charge in [-0.2, -0.15) is 12.6 Å². The van der Waals surface area contributed by atoms with Gasteiger partial charge in [-0.25, -0.2) is 0 Å². The van der Waals surface area contributed by atoms with Gasteiger partial charge in [-0.1, -0.05) is 37.8 Å². The minimum absolute atomic E-state index is 0.628. The Hall–Kier alpha value is 0.0900. The van der Waals surface area contributed by atoms with E-state index in [9.17, 15) is 0 Å². The zero-order chi connectivity index (χ0) is 11.3. The molecule has 2 atom stereocenters. The highest BCUT2D eigenvalue weighted by molar-refractivity contribution is 7.80. The Bertz CT molecular complexity index is 217. The van der Waals surface area contributed by atoms with Gasteiger partial charge in [0.25, 0.3) is 0 Å². The summed E-state index contributed by atoms with van der Waals surface area (Å²) >= 11 is 4.57. The first kappa shape index (κ1) is 13.2. The van der Waals surface area contributed by atoms with Gasteiger partial charge in [0.1, 0.15) is 0 Å². The van der Waals surface area contributed by atoms with Crippen molar-refractivity contribution in [1.82, 2.24) is 0 Å². The van der Waals surface area contributed by atoms with E-state index >= 15 is 0 Å². The van der Waals surface area contributed by atoms with Gasteiger partial charge < -0.3 is 0 Å². The first-order valence-corrected chi connectivity index (χ1v) is 7.00. The molecule has 0 aromatic rings. The average molecular weight is 226 g/mol. The van der Waals surface area contributed by atoms with Gasteiger partial charge in [0.15, 0.2) is 0 Å². The lowest BCUT2D eigenvalue weighted by molar-refractivity contribution is 0.489. The summed E-state index contributed by atoms with van der Waals surface area (Å²) in [6, 6.07) is 0. The standard InChI is InChI=1S/C14H26S/c1-4-11(2)6-5-7-13-8-9-14(15)10-12(13)3/h11,14-15H,4-10H2,1-3H3. The minimum Gasteiger partial charge on any atom is -0.176 e. The molecular formula is C14H26S. The number of hydrogen-bond donors (Lipinski definition) is 1. The van der Waals surface area contributed by atoms with Gasteiger partial charge in [-0.15, -0.1) is 0 Å². The predicted molar refractivity (Wildman–Crippen MR) is 72.6 cm³/mol. The van der Waals surface area contributed by atoms with Crippen LogP contribution in [0.5, 0.6) is 0 Å². The van der Waals surface area contributed by atoms with Gasteiger partial charge in [-0.3, -0.25) is 0 Å². The molecule has 2 unspecified atom stereocenters. The van der Waals surface area contributed by atoms with Gasteiger partial charge in [0, 0.05) is 5.25 Å². The van der Waals surface area contributed by atoms with Crippen LogP contribution in [0.3, 0.4) is 0 Å². The molecule has 0 N–H and O–H groups in total. The molecule has 0 saturated carbocycles. The number of allylic oxidation sites excluding steroid dienone is 2. The Kier molecular flexibility index (Phi) is 5.81. The van der Waals surface area contributed by atoms with Crippen LogP contribution in [0.15, 0.2) is 11.1 Å². The zero-order valence-corrected chi connectivity index (χ0v) is 11.4. The lowest BCUT2D eigenvalue weighted by Gasteiger charge is -2.22. The molecule has 0 spiro atoms. The maximum absolute atomic E-state index is 4.57. The second kappa shape index (κ2) is 6.62. The zero-order valence-electron chi connectivity index (χ0n) is 10.6. The molecule has 0 saturated heterocycles. The molecule has 88 valence electrons. The third-order valence-corrected chi connectivity index (χ3v) is 4.24. The Morgan fingerprint density at radius 1 is 1.47 bits per heavy atom. The lowest BCUT2D eigenvalue weighted by atomic mass is 9.88. The maximum Gasteiger partial charge on any atom is 0.00570 e. The van der Waals surface area contributed by atoms with Crippen LogP contribution in [0.1, 0.15) is 65.7 Å². The summed E-state index contributed by atoms with van der Waals surface area (Å²) in [4.78, 5) is 0. The smallest absolute Gasteiger partial charge is 0.00570 e. The molecule has 0 aromatic carbocycles. The van der Waals surface area contributed by atoms with Crippen LogP contribution < -0.4 is 0 Å². The van der Waals surface area contributed by atoms with Crippen LogP contribution in [-0.4, -0.2) is 5.25 Å². The summed E-state index contributed by atoms with van der Waals surface area (Å²) in [6.07, 6.45) is 9.28. The monoisotopic (exact) mass is 226 g/mol. The fourth-order valence-electron chi connectivity index (χ4n) is 2.36. The molecule has 1 heteroatoms. The summed E-state index contributed by atoms with van der Waals surface area (Å²) in [7, 11) is 0. The Balaban J connectivity index is 2.29. The number of thiol groups is 1. The van der Waals surface area contributed by atoms with E-state index in [1.54, 1.807) is 11.1 Å². The topological polar surface area (TPSA) is 0 Å². The summed E-state index contributed by atoms with van der Waals surface area (Å²) in [6.45, 7) is 6.97. The molecule has 0 fully saturated rings. The fraction of sp³-hybridized carbons (Fsp3) is 0.857. The highest BCUT2D eigenvalue weighted by Crippen LogP contribution is 2.31. The highest BCUT2D eigenvalue weighted by Gasteiger charge is 2.15. The van der Waals surface area contributed by atoms with Crippen LogP contribution in [0.2, 0.25) is 0 Å². The quantitative estimate of drug-likeness (QED) is 0.495. The summed E-state index contributed by atoms with van der Waals surface area (Å²) in [5, 5.41) is 0.628. The molecule has 0 amide bonds. The van der Waals surface area contributed by atoms with Gasteiger partial charge in [0.05, 0.1) is 0 Å². The van der Waals surface area contributed by atoms with E-state index in [1.807, 2.05) is 0 Å². The maximum atomic E-state index is 4.57. The molecule has 0 aromatic heterocycles. The summed E-state index contributed by atoms with van der Waals surface area (Å²) in [5.74, 6) is 0.909. The van der Waals surface area contributed by atoms with Crippen molar-refractivity contribution in [3.05, 3.63) is 11.1 Å². The van der Waals surface area contributed by atoms with E-state index in [1.165, 1.54) is 44.9 Å². The normalized spacial score (nSPS) is 24.4.